The Labute approximate surface area is 230 Å². The molecule has 0 aliphatic rings. The standard InChI is InChI=1S/C30H28BrN3O4/c1-3-21-10-6-8-15-26(21)33-29(35)30(36)34-32-18-20-16-25(31)28(27(17-20)37-4-2)38-19-23-13-9-12-22-11-5-7-14-24(22)23/h5-18H,3-4,19H2,1-2H3,(H,33,35)(H,34,36). The van der Waals surface area contributed by atoms with Crippen LogP contribution in [0.1, 0.15) is 30.5 Å². The molecule has 0 unspecified atom stereocenters. The third-order valence-corrected chi connectivity index (χ3v) is 6.41. The lowest BCUT2D eigenvalue weighted by molar-refractivity contribution is -0.136. The molecule has 0 saturated heterocycles. The van der Waals surface area contributed by atoms with E-state index in [9.17, 15) is 9.59 Å². The molecular weight excluding hydrogens is 546 g/mol. The number of anilines is 1. The Morgan fingerprint density at radius 3 is 2.45 bits per heavy atom. The Balaban J connectivity index is 1.44. The molecule has 2 N–H and O–H groups in total. The second-order valence-electron chi connectivity index (χ2n) is 8.35. The number of benzene rings is 4. The number of aryl methyl sites for hydroxylation is 1. The minimum Gasteiger partial charge on any atom is -0.490 e. The first-order valence-electron chi connectivity index (χ1n) is 12.3. The summed E-state index contributed by atoms with van der Waals surface area (Å²) in [7, 11) is 0. The van der Waals surface area contributed by atoms with Gasteiger partial charge in [-0.3, -0.25) is 9.59 Å². The Morgan fingerprint density at radius 2 is 1.63 bits per heavy atom. The number of amides is 2. The second-order valence-corrected chi connectivity index (χ2v) is 9.21. The van der Waals surface area contributed by atoms with Crippen molar-refractivity contribution in [2.24, 2.45) is 5.10 Å². The van der Waals surface area contributed by atoms with Crippen LogP contribution >= 0.6 is 15.9 Å². The summed E-state index contributed by atoms with van der Waals surface area (Å²) in [4.78, 5) is 24.5. The maximum absolute atomic E-state index is 12.3. The van der Waals surface area contributed by atoms with Gasteiger partial charge in [-0.25, -0.2) is 5.43 Å². The van der Waals surface area contributed by atoms with E-state index >= 15 is 0 Å². The number of halogens is 1. The molecule has 194 valence electrons. The van der Waals surface area contributed by atoms with E-state index in [4.69, 9.17) is 9.47 Å². The van der Waals surface area contributed by atoms with E-state index in [2.05, 4.69) is 50.0 Å². The van der Waals surface area contributed by atoms with Crippen molar-refractivity contribution in [2.45, 2.75) is 26.9 Å². The van der Waals surface area contributed by atoms with Crippen molar-refractivity contribution in [2.75, 3.05) is 11.9 Å². The van der Waals surface area contributed by atoms with Crippen LogP contribution in [-0.4, -0.2) is 24.6 Å². The average Bonchev–Trinajstić information content (AvgIpc) is 2.93. The fourth-order valence-corrected chi connectivity index (χ4v) is 4.55. The van der Waals surface area contributed by atoms with Gasteiger partial charge in [0.05, 0.1) is 17.3 Å². The van der Waals surface area contributed by atoms with E-state index in [0.29, 0.717) is 40.4 Å². The van der Waals surface area contributed by atoms with Crippen molar-refractivity contribution in [3.05, 3.63) is 100 Å². The maximum Gasteiger partial charge on any atom is 0.329 e. The summed E-state index contributed by atoms with van der Waals surface area (Å²) in [5, 5.41) is 8.84. The molecule has 0 fully saturated rings. The molecule has 0 aromatic heterocycles. The topological polar surface area (TPSA) is 89.0 Å². The molecule has 4 rings (SSSR count). The lowest BCUT2D eigenvalue weighted by Gasteiger charge is -2.15. The van der Waals surface area contributed by atoms with Crippen LogP contribution in [-0.2, 0) is 22.6 Å². The largest absolute Gasteiger partial charge is 0.490 e. The molecule has 7 nitrogen and oxygen atoms in total. The zero-order valence-electron chi connectivity index (χ0n) is 21.2. The number of ether oxygens (including phenoxy) is 2. The zero-order valence-corrected chi connectivity index (χ0v) is 22.7. The summed E-state index contributed by atoms with van der Waals surface area (Å²) >= 11 is 3.57. The van der Waals surface area contributed by atoms with Crippen LogP contribution in [0.4, 0.5) is 5.69 Å². The number of hydrogen-bond acceptors (Lipinski definition) is 5. The van der Waals surface area contributed by atoms with E-state index in [1.54, 1.807) is 24.3 Å². The van der Waals surface area contributed by atoms with Gasteiger partial charge < -0.3 is 14.8 Å². The summed E-state index contributed by atoms with van der Waals surface area (Å²) in [6.45, 7) is 4.66. The normalized spacial score (nSPS) is 10.9. The summed E-state index contributed by atoms with van der Waals surface area (Å²) < 4.78 is 12.7. The minimum atomic E-state index is -0.869. The number of carbonyl (C=O) groups is 2. The van der Waals surface area contributed by atoms with E-state index < -0.39 is 11.8 Å². The Hall–Kier alpha value is -4.17. The molecule has 2 amide bonds. The third kappa shape index (κ3) is 6.58. The summed E-state index contributed by atoms with van der Waals surface area (Å²) in [6.07, 6.45) is 2.17. The van der Waals surface area contributed by atoms with Gasteiger partial charge in [0.25, 0.3) is 0 Å². The van der Waals surface area contributed by atoms with Crippen LogP contribution in [0.3, 0.4) is 0 Å². The minimum absolute atomic E-state index is 0.361. The lowest BCUT2D eigenvalue weighted by Crippen LogP contribution is -2.32. The van der Waals surface area contributed by atoms with Gasteiger partial charge in [0, 0.05) is 5.69 Å². The van der Waals surface area contributed by atoms with Gasteiger partial charge in [-0.2, -0.15) is 5.10 Å². The summed E-state index contributed by atoms with van der Waals surface area (Å²) in [6, 6.07) is 25.2. The van der Waals surface area contributed by atoms with Crippen LogP contribution in [0.15, 0.2) is 88.4 Å². The number of para-hydroxylation sites is 1. The first kappa shape index (κ1) is 26.9. The monoisotopic (exact) mass is 573 g/mol. The van der Waals surface area contributed by atoms with Crippen molar-refractivity contribution >= 4 is 50.4 Å². The molecule has 0 atom stereocenters. The summed E-state index contributed by atoms with van der Waals surface area (Å²) in [5.41, 5.74) is 5.52. The SMILES string of the molecule is CCOc1cc(C=NNC(=O)C(=O)Nc2ccccc2CC)cc(Br)c1OCc1cccc2ccccc12. The summed E-state index contributed by atoms with van der Waals surface area (Å²) in [5.74, 6) is -0.568. The van der Waals surface area contributed by atoms with E-state index in [0.717, 1.165) is 28.3 Å². The maximum atomic E-state index is 12.3. The van der Waals surface area contributed by atoms with Gasteiger partial charge in [0.15, 0.2) is 11.5 Å². The van der Waals surface area contributed by atoms with E-state index in [1.165, 1.54) is 6.21 Å². The van der Waals surface area contributed by atoms with Crippen molar-refractivity contribution in [1.82, 2.24) is 5.43 Å². The molecule has 0 bridgehead atoms. The fourth-order valence-electron chi connectivity index (χ4n) is 3.98. The fraction of sp³-hybridized carbons (Fsp3) is 0.167. The lowest BCUT2D eigenvalue weighted by atomic mass is 10.1. The van der Waals surface area contributed by atoms with Crippen molar-refractivity contribution in [3.63, 3.8) is 0 Å². The van der Waals surface area contributed by atoms with E-state index in [1.807, 2.05) is 50.2 Å². The smallest absolute Gasteiger partial charge is 0.329 e. The Bertz CT molecular complexity index is 1480. The van der Waals surface area contributed by atoms with Gasteiger partial charge in [-0.05, 0) is 74.9 Å². The molecule has 8 heteroatoms. The quantitative estimate of drug-likeness (QED) is 0.141. The highest BCUT2D eigenvalue weighted by molar-refractivity contribution is 9.10. The van der Waals surface area contributed by atoms with Crippen LogP contribution in [0.5, 0.6) is 11.5 Å². The molecule has 0 radical (unpaired) electrons. The van der Waals surface area contributed by atoms with Gasteiger partial charge in [0.1, 0.15) is 6.61 Å². The number of hydrogen-bond donors (Lipinski definition) is 2. The van der Waals surface area contributed by atoms with Gasteiger partial charge in [-0.1, -0.05) is 67.6 Å². The number of rotatable bonds is 9. The van der Waals surface area contributed by atoms with Gasteiger partial charge in [-0.15, -0.1) is 0 Å². The first-order chi connectivity index (χ1) is 18.5. The molecular formula is C30H28BrN3O4. The molecule has 38 heavy (non-hydrogen) atoms. The van der Waals surface area contributed by atoms with E-state index in [-0.39, 0.29) is 0 Å². The molecule has 0 aliphatic heterocycles. The Kier molecular flexibility index (Phi) is 9.11. The van der Waals surface area contributed by atoms with Crippen LogP contribution < -0.4 is 20.2 Å². The highest BCUT2D eigenvalue weighted by atomic mass is 79.9. The number of nitrogens with zero attached hydrogens (tertiary/aromatic N) is 1. The van der Waals surface area contributed by atoms with Crippen LogP contribution in [0.2, 0.25) is 0 Å². The van der Waals surface area contributed by atoms with Crippen LogP contribution in [0, 0.1) is 0 Å². The molecule has 4 aromatic carbocycles. The Morgan fingerprint density at radius 1 is 0.895 bits per heavy atom. The highest BCUT2D eigenvalue weighted by Gasteiger charge is 2.15. The first-order valence-corrected chi connectivity index (χ1v) is 13.1. The number of carbonyl (C=O) groups excluding carboxylic acids is 2. The van der Waals surface area contributed by atoms with Gasteiger partial charge >= 0.3 is 11.8 Å². The predicted molar refractivity (Wildman–Crippen MR) is 154 cm³/mol. The number of hydrazone groups is 1. The van der Waals surface area contributed by atoms with Crippen molar-refractivity contribution in [3.8, 4) is 11.5 Å². The third-order valence-electron chi connectivity index (χ3n) is 5.82. The van der Waals surface area contributed by atoms with Crippen molar-refractivity contribution in [1.29, 1.82) is 0 Å². The molecule has 0 saturated carbocycles. The van der Waals surface area contributed by atoms with Crippen LogP contribution in [0.25, 0.3) is 10.8 Å². The average molecular weight is 574 g/mol. The number of nitrogens with one attached hydrogen (secondary N) is 2. The molecule has 0 aliphatic carbocycles. The molecule has 4 aromatic rings. The molecule has 0 spiro atoms. The van der Waals surface area contributed by atoms with Crippen molar-refractivity contribution < 1.29 is 19.1 Å². The highest BCUT2D eigenvalue weighted by Crippen LogP contribution is 2.37. The number of fused-ring (bicyclic) bond motifs is 1. The molecule has 0 heterocycles. The zero-order chi connectivity index (χ0) is 26.9. The second kappa shape index (κ2) is 12.9. The van der Waals surface area contributed by atoms with Gasteiger partial charge in [0.2, 0.25) is 0 Å². The predicted octanol–water partition coefficient (Wildman–Crippen LogP) is 6.23.